The van der Waals surface area contributed by atoms with Gasteiger partial charge in [0.25, 0.3) is 11.4 Å². The highest BCUT2D eigenvalue weighted by Gasteiger charge is 2.18. The summed E-state index contributed by atoms with van der Waals surface area (Å²) in [7, 11) is 0. The lowest BCUT2D eigenvalue weighted by Crippen LogP contribution is -2.15. The van der Waals surface area contributed by atoms with Crippen LogP contribution < -0.4 is 5.32 Å². The van der Waals surface area contributed by atoms with Gasteiger partial charge in [0, 0.05) is 19.2 Å². The first-order valence-corrected chi connectivity index (χ1v) is 15.0. The van der Waals surface area contributed by atoms with Crippen molar-refractivity contribution in [2.75, 3.05) is 64.7 Å². The van der Waals surface area contributed by atoms with Crippen molar-refractivity contribution in [3.63, 3.8) is 0 Å². The van der Waals surface area contributed by atoms with Crippen LogP contribution in [0.25, 0.3) is 0 Å². The Morgan fingerprint density at radius 3 is 1.52 bits per heavy atom. The predicted molar refractivity (Wildman–Crippen MR) is 157 cm³/mol. The number of unbranched alkanes of at least 4 members (excludes halogenated alkanes) is 12. The molecule has 0 aliphatic heterocycles. The van der Waals surface area contributed by atoms with E-state index in [1.165, 1.54) is 89.2 Å². The van der Waals surface area contributed by atoms with Gasteiger partial charge in [0.2, 0.25) is 0 Å². The Labute approximate surface area is 239 Å². The fourth-order valence-electron chi connectivity index (χ4n) is 4.18. The minimum absolute atomic E-state index is 0.209. The number of hydrogen-bond donors (Lipinski definition) is 1. The first-order valence-electron chi connectivity index (χ1n) is 15.0. The van der Waals surface area contributed by atoms with E-state index in [2.05, 4.69) is 12.2 Å². The van der Waals surface area contributed by atoms with Crippen molar-refractivity contribution in [1.82, 2.24) is 0 Å². The standard InChI is InChI=1S/C29H51N3O8/c1-2-3-4-5-6-7-8-9-10-11-12-13-14-18-37-20-22-39-24-25-40-23-21-38-19-17-30-28-16-15-27(31(33)34)26-29(28)32(35)36/h15-16,26,30H,2-14,17-25H2,1H3. The Hall–Kier alpha value is -2.34. The zero-order valence-corrected chi connectivity index (χ0v) is 24.4. The first-order chi connectivity index (χ1) is 19.6. The first kappa shape index (κ1) is 35.7. The highest BCUT2D eigenvalue weighted by Crippen LogP contribution is 2.28. The van der Waals surface area contributed by atoms with Crippen LogP contribution in [0.5, 0.6) is 0 Å². The molecule has 40 heavy (non-hydrogen) atoms. The van der Waals surface area contributed by atoms with Gasteiger partial charge in [-0.1, -0.05) is 84.0 Å². The molecule has 1 N–H and O–H groups in total. The summed E-state index contributed by atoms with van der Waals surface area (Å²) in [4.78, 5) is 20.6. The SMILES string of the molecule is CCCCCCCCCCCCCCCOCCOCCOCCOCCNc1ccc([N+](=O)[O-])cc1[N+](=O)[O-]. The zero-order valence-electron chi connectivity index (χ0n) is 24.4. The molecule has 1 rings (SSSR count). The van der Waals surface area contributed by atoms with Gasteiger partial charge in [-0.15, -0.1) is 0 Å². The molecule has 0 unspecified atom stereocenters. The molecular weight excluding hydrogens is 518 g/mol. The summed E-state index contributed by atoms with van der Waals surface area (Å²) in [6, 6.07) is 3.48. The van der Waals surface area contributed by atoms with E-state index in [1.807, 2.05) is 0 Å². The molecule has 230 valence electrons. The quantitative estimate of drug-likeness (QED) is 0.0610. The number of nitrogens with one attached hydrogen (secondary N) is 1. The third-order valence-corrected chi connectivity index (χ3v) is 6.46. The van der Waals surface area contributed by atoms with Crippen molar-refractivity contribution in [3.05, 3.63) is 38.4 Å². The van der Waals surface area contributed by atoms with Crippen LogP contribution in [0, 0.1) is 20.2 Å². The van der Waals surface area contributed by atoms with Gasteiger partial charge in [-0.05, 0) is 12.5 Å². The van der Waals surface area contributed by atoms with Gasteiger partial charge >= 0.3 is 0 Å². The number of nitro benzene ring substituents is 2. The molecule has 0 radical (unpaired) electrons. The van der Waals surface area contributed by atoms with Crippen LogP contribution in [-0.4, -0.2) is 69.2 Å². The molecule has 0 aromatic heterocycles. The van der Waals surface area contributed by atoms with Crippen molar-refractivity contribution < 1.29 is 28.8 Å². The average molecular weight is 570 g/mol. The van der Waals surface area contributed by atoms with E-state index in [0.29, 0.717) is 52.8 Å². The van der Waals surface area contributed by atoms with Gasteiger partial charge < -0.3 is 24.3 Å². The summed E-state index contributed by atoms with van der Waals surface area (Å²) in [5.74, 6) is 0. The highest BCUT2D eigenvalue weighted by molar-refractivity contribution is 5.65. The van der Waals surface area contributed by atoms with E-state index in [9.17, 15) is 20.2 Å². The molecule has 0 spiro atoms. The average Bonchev–Trinajstić information content (AvgIpc) is 2.94. The van der Waals surface area contributed by atoms with E-state index in [-0.39, 0.29) is 17.1 Å². The van der Waals surface area contributed by atoms with E-state index >= 15 is 0 Å². The Kier molecular flexibility index (Phi) is 22.9. The second kappa shape index (κ2) is 25.6. The molecule has 0 bridgehead atoms. The van der Waals surface area contributed by atoms with Crippen molar-refractivity contribution in [2.45, 2.75) is 90.4 Å². The molecule has 0 saturated heterocycles. The minimum Gasteiger partial charge on any atom is -0.379 e. The van der Waals surface area contributed by atoms with Crippen molar-refractivity contribution >= 4 is 17.1 Å². The number of rotatable bonds is 29. The summed E-state index contributed by atoms with van der Waals surface area (Å²) in [5.41, 5.74) is -0.462. The van der Waals surface area contributed by atoms with Crippen LogP contribution in [0.15, 0.2) is 18.2 Å². The Balaban J connectivity index is 1.80. The topological polar surface area (TPSA) is 135 Å². The number of ether oxygens (including phenoxy) is 4. The predicted octanol–water partition coefficient (Wildman–Crippen LogP) is 7.07. The Morgan fingerprint density at radius 1 is 0.600 bits per heavy atom. The maximum absolute atomic E-state index is 11.1. The molecular formula is C29H51N3O8. The largest absolute Gasteiger partial charge is 0.379 e. The Bertz CT molecular complexity index is 782. The van der Waals surface area contributed by atoms with Crippen molar-refractivity contribution in [3.8, 4) is 0 Å². The third-order valence-electron chi connectivity index (χ3n) is 6.46. The molecule has 0 heterocycles. The van der Waals surface area contributed by atoms with Gasteiger partial charge in [0.15, 0.2) is 0 Å². The van der Waals surface area contributed by atoms with Gasteiger partial charge in [-0.3, -0.25) is 20.2 Å². The second-order valence-corrected chi connectivity index (χ2v) is 9.83. The van der Waals surface area contributed by atoms with E-state index in [0.717, 1.165) is 19.1 Å². The van der Waals surface area contributed by atoms with Crippen LogP contribution in [-0.2, 0) is 18.9 Å². The molecule has 0 aliphatic carbocycles. The fraction of sp³-hybridized carbons (Fsp3) is 0.793. The summed E-state index contributed by atoms with van der Waals surface area (Å²) >= 11 is 0. The molecule has 11 heteroatoms. The van der Waals surface area contributed by atoms with Gasteiger partial charge in [-0.2, -0.15) is 0 Å². The number of non-ortho nitro benzene ring substituents is 1. The third kappa shape index (κ3) is 19.7. The number of benzene rings is 1. The van der Waals surface area contributed by atoms with Crippen molar-refractivity contribution in [1.29, 1.82) is 0 Å². The number of anilines is 1. The smallest absolute Gasteiger partial charge is 0.299 e. The van der Waals surface area contributed by atoms with Crippen LogP contribution in [0.1, 0.15) is 90.4 Å². The van der Waals surface area contributed by atoms with Gasteiger partial charge in [0.05, 0.1) is 62.2 Å². The van der Waals surface area contributed by atoms with Crippen LogP contribution >= 0.6 is 0 Å². The second-order valence-electron chi connectivity index (χ2n) is 9.83. The summed E-state index contributed by atoms with van der Waals surface area (Å²) in [5, 5.41) is 24.8. The van der Waals surface area contributed by atoms with Crippen LogP contribution in [0.2, 0.25) is 0 Å². The molecule has 0 atom stereocenters. The molecule has 0 saturated carbocycles. The lowest BCUT2D eigenvalue weighted by molar-refractivity contribution is -0.393. The lowest BCUT2D eigenvalue weighted by Gasteiger charge is -2.09. The highest BCUT2D eigenvalue weighted by atomic mass is 16.6. The van der Waals surface area contributed by atoms with E-state index in [4.69, 9.17) is 18.9 Å². The normalized spacial score (nSPS) is 11.1. The fourth-order valence-corrected chi connectivity index (χ4v) is 4.18. The molecule has 0 amide bonds. The Morgan fingerprint density at radius 2 is 1.05 bits per heavy atom. The summed E-state index contributed by atoms with van der Waals surface area (Å²) in [6.45, 7) is 6.60. The van der Waals surface area contributed by atoms with Crippen LogP contribution in [0.3, 0.4) is 0 Å². The number of hydrogen-bond acceptors (Lipinski definition) is 9. The van der Waals surface area contributed by atoms with E-state index < -0.39 is 9.85 Å². The summed E-state index contributed by atoms with van der Waals surface area (Å²) < 4.78 is 22.0. The van der Waals surface area contributed by atoms with Gasteiger partial charge in [0.1, 0.15) is 5.69 Å². The number of nitrogens with zero attached hydrogens (tertiary/aromatic N) is 2. The molecule has 1 aromatic rings. The van der Waals surface area contributed by atoms with Gasteiger partial charge in [-0.25, -0.2) is 0 Å². The minimum atomic E-state index is -0.666. The molecule has 11 nitrogen and oxygen atoms in total. The molecule has 1 aromatic carbocycles. The molecule has 0 fully saturated rings. The zero-order chi connectivity index (χ0) is 29.1. The lowest BCUT2D eigenvalue weighted by atomic mass is 10.0. The monoisotopic (exact) mass is 569 g/mol. The number of nitro groups is 2. The van der Waals surface area contributed by atoms with E-state index in [1.54, 1.807) is 0 Å². The summed E-state index contributed by atoms with van der Waals surface area (Å²) in [6.07, 6.45) is 17.5. The van der Waals surface area contributed by atoms with Crippen LogP contribution in [0.4, 0.5) is 17.1 Å². The maximum Gasteiger partial charge on any atom is 0.299 e. The maximum atomic E-state index is 11.1. The molecule has 0 aliphatic rings. The van der Waals surface area contributed by atoms with Crippen molar-refractivity contribution in [2.24, 2.45) is 0 Å².